The Hall–Kier alpha value is -1.65. The Bertz CT molecular complexity index is 1840. The fraction of sp³-hybridized carbons (Fsp3) is 0.710. The monoisotopic (exact) mass is 778 g/mol. The van der Waals surface area contributed by atoms with Crippen LogP contribution < -0.4 is 44.9 Å². The molecule has 20 heteroatoms. The summed E-state index contributed by atoms with van der Waals surface area (Å²) in [5.41, 5.74) is -1.02. The summed E-state index contributed by atoms with van der Waals surface area (Å²) in [5.74, 6) is -1.59. The van der Waals surface area contributed by atoms with E-state index in [0.29, 0.717) is 41.6 Å². The van der Waals surface area contributed by atoms with Crippen molar-refractivity contribution in [3.8, 4) is 0 Å². The number of fused-ring (bicyclic) bond motifs is 1. The van der Waals surface area contributed by atoms with E-state index >= 15 is 0 Å². The molecule has 1 saturated heterocycles. The van der Waals surface area contributed by atoms with Crippen molar-refractivity contribution in [2.45, 2.75) is 137 Å². The number of nitrogens with zero attached hydrogens (tertiary/aromatic N) is 4. The van der Waals surface area contributed by atoms with E-state index < -0.39 is 84.5 Å². The van der Waals surface area contributed by atoms with E-state index in [4.69, 9.17) is 0 Å². The van der Waals surface area contributed by atoms with Crippen LogP contribution in [0.4, 0.5) is 5.00 Å². The van der Waals surface area contributed by atoms with Crippen molar-refractivity contribution >= 4 is 59.4 Å². The summed E-state index contributed by atoms with van der Waals surface area (Å²) in [4.78, 5) is 25.1. The first-order valence-corrected chi connectivity index (χ1v) is 20.4. The van der Waals surface area contributed by atoms with Crippen molar-refractivity contribution in [2.24, 2.45) is 16.1 Å². The number of aliphatic hydroxyl groups is 1. The average molecular weight is 779 g/mol. The van der Waals surface area contributed by atoms with Crippen LogP contribution in [-0.4, -0.2) is 94.3 Å². The van der Waals surface area contributed by atoms with Gasteiger partial charge in [-0.15, -0.1) is 5.11 Å². The Labute approximate surface area is 324 Å². The number of hydrogen-bond donors (Lipinski definition) is 4. The van der Waals surface area contributed by atoms with Crippen molar-refractivity contribution in [3.05, 3.63) is 23.4 Å². The fourth-order valence-corrected chi connectivity index (χ4v) is 10.6. The number of hydrogen-bond acceptors (Lipinski definition) is 14. The number of sulfonamides is 1. The number of rotatable bonds is 9. The van der Waals surface area contributed by atoms with Crippen LogP contribution in [0, 0.1) is 11.1 Å². The van der Waals surface area contributed by atoms with Gasteiger partial charge in [0.1, 0.15) is 0 Å². The zero-order valence-electron chi connectivity index (χ0n) is 29.7. The van der Waals surface area contributed by atoms with Crippen molar-refractivity contribution in [3.63, 3.8) is 0 Å². The number of benzene rings is 1. The minimum Gasteiger partial charge on any atom is -0.784 e. The first kappa shape index (κ1) is 42.1. The topological polar surface area (TPSA) is 246 Å². The molecule has 16 nitrogen and oxygen atoms in total. The van der Waals surface area contributed by atoms with Gasteiger partial charge in [-0.2, -0.15) is 9.49 Å². The second kappa shape index (κ2) is 16.0. The van der Waals surface area contributed by atoms with Crippen molar-refractivity contribution in [1.29, 1.82) is 0 Å². The molecule has 3 aliphatic rings. The summed E-state index contributed by atoms with van der Waals surface area (Å²) in [6, 6.07) is 1.84. The number of carbonyl (C=O) groups is 2. The fourth-order valence-electron chi connectivity index (χ4n) is 7.75. The van der Waals surface area contributed by atoms with E-state index in [2.05, 4.69) is 30.0 Å². The standard InChI is InChI=1S/C31H46N7O9S3.Na/c1-17(39)32-25-12-19(13-26(27(25)40)33-28(41)18-7-6-8-22(11-18)50(45,46)47)34-35-29-23-14-21(9-10-24(23)36-48-29)49(43,44)37-20-15-30(2,3)38(42)31(4,5)16-20;/h9-10,14,18-20,22,25-27,37,40H,6-8,11-13,15-16H2,1-5H3,(H,32,39)(H,33,41)(H,45,46,47);/q-1;+1/p-1. The second-order valence-corrected chi connectivity index (χ2v) is 19.2. The Morgan fingerprint density at radius 3 is 2.25 bits per heavy atom. The summed E-state index contributed by atoms with van der Waals surface area (Å²) in [5, 5.41) is 38.9. The molecule has 2 amide bonds. The molecule has 2 heterocycles. The van der Waals surface area contributed by atoms with Crippen LogP contribution in [0.15, 0.2) is 33.3 Å². The maximum absolute atomic E-state index is 13.5. The number of piperidine rings is 1. The van der Waals surface area contributed by atoms with Gasteiger partial charge in [-0.1, -0.05) is 6.42 Å². The molecule has 1 aromatic carbocycles. The van der Waals surface area contributed by atoms with Gasteiger partial charge in [-0.05, 0) is 102 Å². The first-order chi connectivity index (χ1) is 23.2. The molecule has 1 aromatic heterocycles. The molecular formula is C31H45N7NaO9S3-. The van der Waals surface area contributed by atoms with E-state index in [1.54, 1.807) is 33.8 Å². The van der Waals surface area contributed by atoms with E-state index in [1.807, 2.05) is 0 Å². The molecule has 0 spiro atoms. The zero-order chi connectivity index (χ0) is 36.8. The molecule has 1 aliphatic heterocycles. The number of azo groups is 1. The van der Waals surface area contributed by atoms with Crippen LogP contribution in [0.5, 0.6) is 0 Å². The molecule has 278 valence electrons. The van der Waals surface area contributed by atoms with Gasteiger partial charge in [-0.25, -0.2) is 21.6 Å². The maximum Gasteiger partial charge on any atom is 1.00 e. The third-order valence-electron chi connectivity index (χ3n) is 9.96. The number of amides is 2. The largest absolute Gasteiger partial charge is 1.00 e. The van der Waals surface area contributed by atoms with E-state index in [1.165, 1.54) is 19.1 Å². The van der Waals surface area contributed by atoms with Crippen LogP contribution in [0.1, 0.15) is 86.0 Å². The van der Waals surface area contributed by atoms with Crippen LogP contribution in [0.25, 0.3) is 10.9 Å². The van der Waals surface area contributed by atoms with Gasteiger partial charge < -0.3 is 30.6 Å². The van der Waals surface area contributed by atoms with Gasteiger partial charge in [0.15, 0.2) is 5.00 Å². The minimum atomic E-state index is -4.55. The molecule has 2 aliphatic carbocycles. The van der Waals surface area contributed by atoms with Crippen LogP contribution in [0.2, 0.25) is 0 Å². The zero-order valence-corrected chi connectivity index (χ0v) is 34.1. The molecular weight excluding hydrogens is 734 g/mol. The van der Waals surface area contributed by atoms with E-state index in [0.717, 1.165) is 16.6 Å². The molecule has 2 saturated carbocycles. The SMILES string of the molecule is CC(=O)NC1CC(N=Nc2snc3ccc(S(=O)(=O)NC4CC(C)(C)N([O-])C(C)(C)C4)cc23)CC(NC(=O)C2CCCC(S(=O)(=O)[O-])C2)C1O.[Na+]. The summed E-state index contributed by atoms with van der Waals surface area (Å²) in [7, 11) is -8.54. The van der Waals surface area contributed by atoms with Crippen molar-refractivity contribution < 1.29 is 65.6 Å². The van der Waals surface area contributed by atoms with Gasteiger partial charge in [0.05, 0.1) is 50.0 Å². The summed E-state index contributed by atoms with van der Waals surface area (Å²) in [6.07, 6.45) is 0.759. The number of aliphatic hydroxyl groups excluding tert-OH is 1. The number of nitrogens with one attached hydrogen (secondary N) is 3. The maximum atomic E-state index is 13.5. The molecule has 6 atom stereocenters. The first-order valence-electron chi connectivity index (χ1n) is 16.7. The van der Waals surface area contributed by atoms with Gasteiger partial charge >= 0.3 is 29.6 Å². The number of aromatic nitrogens is 1. The predicted octanol–water partition coefficient (Wildman–Crippen LogP) is -0.201. The molecule has 0 radical (unpaired) electrons. The number of hydroxylamine groups is 2. The molecule has 51 heavy (non-hydrogen) atoms. The normalized spacial score (nSPS) is 29.0. The van der Waals surface area contributed by atoms with Gasteiger partial charge in [0, 0.05) is 35.3 Å². The Kier molecular flexibility index (Phi) is 13.2. The molecule has 4 N–H and O–H groups in total. The van der Waals surface area contributed by atoms with E-state index in [-0.39, 0.29) is 60.1 Å². The van der Waals surface area contributed by atoms with Crippen molar-refractivity contribution in [2.75, 3.05) is 0 Å². The molecule has 0 bridgehead atoms. The smallest absolute Gasteiger partial charge is 0.784 e. The van der Waals surface area contributed by atoms with E-state index in [9.17, 15) is 41.3 Å². The second-order valence-electron chi connectivity index (χ2n) is 15.0. The van der Waals surface area contributed by atoms with Gasteiger partial charge in [0.25, 0.3) is 0 Å². The molecule has 2 aromatic rings. The van der Waals surface area contributed by atoms with Crippen LogP contribution in [-0.2, 0) is 29.7 Å². The van der Waals surface area contributed by atoms with Crippen molar-refractivity contribution in [1.82, 2.24) is 24.8 Å². The summed E-state index contributed by atoms with van der Waals surface area (Å²) in [6.45, 7) is 8.47. The van der Waals surface area contributed by atoms with Crippen LogP contribution in [0.3, 0.4) is 0 Å². The van der Waals surface area contributed by atoms with Gasteiger partial charge in [0.2, 0.25) is 21.8 Å². The Morgan fingerprint density at radius 1 is 1.02 bits per heavy atom. The third kappa shape index (κ3) is 9.92. The number of carbonyl (C=O) groups excluding carboxylic acids is 2. The summed E-state index contributed by atoms with van der Waals surface area (Å²) < 4.78 is 69.0. The molecule has 5 rings (SSSR count). The quantitative estimate of drug-likeness (QED) is 0.148. The Balaban J connectivity index is 0.00000583. The van der Waals surface area contributed by atoms with Crippen LogP contribution >= 0.6 is 11.5 Å². The van der Waals surface area contributed by atoms with Gasteiger partial charge in [-0.3, -0.25) is 9.59 Å². The minimum absolute atomic E-state index is 0. The predicted molar refractivity (Wildman–Crippen MR) is 185 cm³/mol. The summed E-state index contributed by atoms with van der Waals surface area (Å²) >= 11 is 1.02. The Morgan fingerprint density at radius 2 is 1.65 bits per heavy atom. The molecule has 3 fully saturated rings. The molecule has 6 unspecified atom stereocenters. The third-order valence-corrected chi connectivity index (χ3v) is 13.5. The average Bonchev–Trinajstić information content (AvgIpc) is 3.42.